The summed E-state index contributed by atoms with van der Waals surface area (Å²) in [6, 6.07) is 8.64. The lowest BCUT2D eigenvalue weighted by Crippen LogP contribution is -2.31. The molecule has 10 heteroatoms. The number of ether oxygens (including phenoxy) is 1. The van der Waals surface area contributed by atoms with Gasteiger partial charge >= 0.3 is 0 Å². The van der Waals surface area contributed by atoms with Crippen molar-refractivity contribution in [3.8, 4) is 22.5 Å². The summed E-state index contributed by atoms with van der Waals surface area (Å²) in [5, 5.41) is 3.90. The Morgan fingerprint density at radius 3 is 2.68 bits per heavy atom. The van der Waals surface area contributed by atoms with Gasteiger partial charge < -0.3 is 15.0 Å². The van der Waals surface area contributed by atoms with Crippen LogP contribution < -0.4 is 10.5 Å². The highest BCUT2D eigenvalue weighted by atomic mass is 32.2. The normalized spacial score (nSPS) is 16.3. The quantitative estimate of drug-likeness (QED) is 0.577. The Hall–Kier alpha value is -2.40. The third kappa shape index (κ3) is 5.09. The van der Waals surface area contributed by atoms with Gasteiger partial charge in [0.15, 0.2) is 5.76 Å². The molecule has 31 heavy (non-hydrogen) atoms. The Bertz CT molecular complexity index is 1170. The molecule has 3 aromatic rings. The van der Waals surface area contributed by atoms with Crippen LogP contribution in [0.2, 0.25) is 0 Å². The number of pyridine rings is 1. The van der Waals surface area contributed by atoms with Crippen LogP contribution in [0.5, 0.6) is 0 Å². The van der Waals surface area contributed by atoms with Crippen LogP contribution in [-0.2, 0) is 14.8 Å². The largest absolute Gasteiger partial charge is 0.383 e. The summed E-state index contributed by atoms with van der Waals surface area (Å²) in [7, 11) is -3.67. The second kappa shape index (κ2) is 9.39. The molecule has 1 aliphatic rings. The predicted molar refractivity (Wildman–Crippen MR) is 124 cm³/mol. The Morgan fingerprint density at radius 2 is 2.00 bits per heavy atom. The molecule has 8 nitrogen and oxygen atoms in total. The summed E-state index contributed by atoms with van der Waals surface area (Å²) < 4.78 is 39.1. The number of nitrogens with zero attached hydrogens (tertiary/aromatic N) is 2. The van der Waals surface area contributed by atoms with Gasteiger partial charge in [-0.15, -0.1) is 0 Å². The second-order valence-corrected chi connectivity index (χ2v) is 9.22. The minimum absolute atomic E-state index is 0. The molecule has 0 unspecified atom stereocenters. The Labute approximate surface area is 188 Å². The van der Waals surface area contributed by atoms with E-state index in [9.17, 15) is 8.42 Å². The smallest absolute Gasteiger partial charge is 0.240 e. The average Bonchev–Trinajstić information content (AvgIpc) is 3.39. The fraction of sp³-hybridized carbons (Fsp3) is 0.333. The van der Waals surface area contributed by atoms with Crippen LogP contribution in [0, 0.1) is 13.8 Å². The van der Waals surface area contributed by atoms with Crippen LogP contribution in [0.3, 0.4) is 0 Å². The van der Waals surface area contributed by atoms with Crippen LogP contribution in [0.4, 0.5) is 5.82 Å². The van der Waals surface area contributed by atoms with Crippen molar-refractivity contribution in [3.05, 3.63) is 47.8 Å². The van der Waals surface area contributed by atoms with Gasteiger partial charge in [0.25, 0.3) is 0 Å². The number of nitrogen functional groups attached to an aromatic ring is 1. The summed E-state index contributed by atoms with van der Waals surface area (Å²) in [6.45, 7) is 4.69. The maximum atomic E-state index is 12.8. The van der Waals surface area contributed by atoms with Crippen molar-refractivity contribution in [1.29, 1.82) is 0 Å². The number of nitrogens with one attached hydrogen (secondary N) is 1. The zero-order valence-electron chi connectivity index (χ0n) is 17.4. The highest BCUT2D eigenvalue weighted by Crippen LogP contribution is 2.32. The Balaban J connectivity index is 0.00000272. The summed E-state index contributed by atoms with van der Waals surface area (Å²) >= 11 is 0. The maximum Gasteiger partial charge on any atom is 0.240 e. The molecular weight excluding hydrogens is 436 g/mol. The summed E-state index contributed by atoms with van der Waals surface area (Å²) in [5.41, 5.74) is 9.77. The van der Waals surface area contributed by atoms with Gasteiger partial charge in [-0.1, -0.05) is 11.2 Å². The van der Waals surface area contributed by atoms with E-state index in [-0.39, 0.29) is 31.0 Å². The molecule has 166 valence electrons. The van der Waals surface area contributed by atoms with E-state index in [0.29, 0.717) is 23.7 Å². The predicted octanol–water partition coefficient (Wildman–Crippen LogP) is 3.17. The van der Waals surface area contributed by atoms with Crippen molar-refractivity contribution < 1.29 is 17.7 Å². The first kappa shape index (κ1) is 23.3. The average molecular weight is 463 g/mol. The van der Waals surface area contributed by atoms with Gasteiger partial charge in [0.2, 0.25) is 10.0 Å². The molecule has 0 aliphatic carbocycles. The Morgan fingerprint density at radius 1 is 1.19 bits per heavy atom. The van der Waals surface area contributed by atoms with Crippen LogP contribution in [0.15, 0.2) is 45.9 Å². The third-order valence-corrected chi connectivity index (χ3v) is 6.59. The molecule has 1 atom stereocenters. The molecule has 3 heterocycles. The lowest BCUT2D eigenvalue weighted by atomic mass is 10.00. The summed E-state index contributed by atoms with van der Waals surface area (Å²) in [4.78, 5) is 4.46. The Kier molecular flexibility index (Phi) is 7.05. The first-order chi connectivity index (χ1) is 14.3. The standard InChI is InChI=1S/C21H24N4O4S.H2S/c1-13-5-6-17(30(26,27)24-12-16-4-3-7-28-16)10-18(13)15-9-19(21(22)23-11-15)20-8-14(2)25-29-20;/h5-6,8-11,16,24H,3-4,7,12H2,1-2H3,(H2,22,23);1H2/t16-;/m0./s1. The van der Waals surface area contributed by atoms with E-state index in [0.717, 1.165) is 35.2 Å². The molecule has 3 N–H and O–H groups in total. The number of hydrogen-bond donors (Lipinski definition) is 2. The number of aryl methyl sites for hydroxylation is 2. The highest BCUT2D eigenvalue weighted by molar-refractivity contribution is 7.89. The van der Waals surface area contributed by atoms with Crippen molar-refractivity contribution in [2.75, 3.05) is 18.9 Å². The van der Waals surface area contributed by atoms with Gasteiger partial charge in [-0.2, -0.15) is 13.5 Å². The number of aromatic nitrogens is 2. The number of anilines is 1. The minimum atomic E-state index is -3.67. The zero-order chi connectivity index (χ0) is 21.3. The molecule has 0 saturated carbocycles. The van der Waals surface area contributed by atoms with Crippen LogP contribution in [0.1, 0.15) is 24.1 Å². The van der Waals surface area contributed by atoms with Crippen LogP contribution >= 0.6 is 13.5 Å². The van der Waals surface area contributed by atoms with Gasteiger partial charge in [-0.05, 0) is 56.0 Å². The number of benzene rings is 1. The van der Waals surface area contributed by atoms with Crippen molar-refractivity contribution in [3.63, 3.8) is 0 Å². The van der Waals surface area contributed by atoms with E-state index in [1.54, 1.807) is 30.5 Å². The molecular formula is C21H26N4O4S2. The third-order valence-electron chi connectivity index (χ3n) is 5.17. The van der Waals surface area contributed by atoms with E-state index in [1.807, 2.05) is 19.9 Å². The van der Waals surface area contributed by atoms with Gasteiger partial charge in [0.05, 0.1) is 22.3 Å². The second-order valence-electron chi connectivity index (χ2n) is 7.45. The van der Waals surface area contributed by atoms with Gasteiger partial charge in [0.1, 0.15) is 5.82 Å². The van der Waals surface area contributed by atoms with Crippen molar-refractivity contribution in [2.24, 2.45) is 0 Å². The SMILES string of the molecule is Cc1cc(-c2cc(-c3cc(S(=O)(=O)NC[C@@H]4CCCO4)ccc3C)cnc2N)on1.S. The molecule has 2 aromatic heterocycles. The first-order valence-electron chi connectivity index (χ1n) is 9.75. The number of rotatable bonds is 6. The van der Waals surface area contributed by atoms with Gasteiger partial charge in [-0.3, -0.25) is 0 Å². The first-order valence-corrected chi connectivity index (χ1v) is 11.2. The van der Waals surface area contributed by atoms with Crippen LogP contribution in [0.25, 0.3) is 22.5 Å². The van der Waals surface area contributed by atoms with E-state index in [1.165, 1.54) is 0 Å². The fourth-order valence-corrected chi connectivity index (χ4v) is 4.57. The van der Waals surface area contributed by atoms with E-state index < -0.39 is 10.0 Å². The lowest BCUT2D eigenvalue weighted by molar-refractivity contribution is 0.114. The minimum Gasteiger partial charge on any atom is -0.383 e. The molecule has 1 saturated heterocycles. The molecule has 1 aromatic carbocycles. The van der Waals surface area contributed by atoms with Gasteiger partial charge in [-0.25, -0.2) is 18.1 Å². The van der Waals surface area contributed by atoms with Crippen molar-refractivity contribution in [2.45, 2.75) is 37.7 Å². The molecule has 0 bridgehead atoms. The van der Waals surface area contributed by atoms with Gasteiger partial charge in [0, 0.05) is 31.0 Å². The monoisotopic (exact) mass is 462 g/mol. The van der Waals surface area contributed by atoms with Crippen LogP contribution in [-0.4, -0.2) is 37.8 Å². The molecule has 1 fully saturated rings. The topological polar surface area (TPSA) is 120 Å². The number of sulfonamides is 1. The van der Waals surface area contributed by atoms with E-state index >= 15 is 0 Å². The number of hydrogen-bond acceptors (Lipinski definition) is 7. The van der Waals surface area contributed by atoms with E-state index in [4.69, 9.17) is 15.0 Å². The summed E-state index contributed by atoms with van der Waals surface area (Å²) in [5.74, 6) is 0.827. The number of nitrogens with two attached hydrogens (primary N) is 1. The molecule has 1 aliphatic heterocycles. The zero-order valence-corrected chi connectivity index (χ0v) is 19.2. The molecule has 0 amide bonds. The van der Waals surface area contributed by atoms with E-state index in [2.05, 4.69) is 14.9 Å². The summed E-state index contributed by atoms with van der Waals surface area (Å²) in [6.07, 6.45) is 3.38. The molecule has 0 radical (unpaired) electrons. The molecule has 0 spiro atoms. The fourth-order valence-electron chi connectivity index (χ4n) is 3.48. The van der Waals surface area contributed by atoms with Crippen molar-refractivity contribution in [1.82, 2.24) is 14.9 Å². The molecule has 4 rings (SSSR count). The lowest BCUT2D eigenvalue weighted by Gasteiger charge is -2.14. The maximum absolute atomic E-state index is 12.8. The van der Waals surface area contributed by atoms with Crippen molar-refractivity contribution >= 4 is 29.3 Å². The highest BCUT2D eigenvalue weighted by Gasteiger charge is 2.21.